The molecule has 0 atom stereocenters. The standard InChI is InChI=1S/C14H13N3O/c1-2-16-13-10-12(11-6-4-3-5-7-11)15-17(13)9-8-14(16)18/h3-10H,2H2,1H3. The van der Waals surface area contributed by atoms with Gasteiger partial charge >= 0.3 is 0 Å². The van der Waals surface area contributed by atoms with E-state index in [0.29, 0.717) is 6.54 Å². The number of nitrogens with zero attached hydrogens (tertiary/aromatic N) is 3. The first-order chi connectivity index (χ1) is 8.79. The van der Waals surface area contributed by atoms with Gasteiger partial charge in [0.15, 0.2) is 0 Å². The molecular weight excluding hydrogens is 226 g/mol. The fraction of sp³-hybridized carbons (Fsp3) is 0.143. The van der Waals surface area contributed by atoms with Crippen LogP contribution >= 0.6 is 0 Å². The summed E-state index contributed by atoms with van der Waals surface area (Å²) < 4.78 is 3.45. The summed E-state index contributed by atoms with van der Waals surface area (Å²) in [6.45, 7) is 2.60. The Hall–Kier alpha value is -2.36. The van der Waals surface area contributed by atoms with Crippen LogP contribution in [0, 0.1) is 0 Å². The number of fused-ring (bicyclic) bond motifs is 1. The van der Waals surface area contributed by atoms with Crippen molar-refractivity contribution >= 4 is 5.65 Å². The summed E-state index contributed by atoms with van der Waals surface area (Å²) in [5.41, 5.74) is 2.76. The maximum atomic E-state index is 11.7. The van der Waals surface area contributed by atoms with Gasteiger partial charge in [-0.2, -0.15) is 5.10 Å². The molecule has 3 aromatic rings. The third kappa shape index (κ3) is 1.62. The van der Waals surface area contributed by atoms with Gasteiger partial charge in [0.1, 0.15) is 5.65 Å². The van der Waals surface area contributed by atoms with Crippen molar-refractivity contribution in [2.75, 3.05) is 0 Å². The topological polar surface area (TPSA) is 39.3 Å². The second-order valence-corrected chi connectivity index (χ2v) is 4.10. The molecule has 0 saturated heterocycles. The highest BCUT2D eigenvalue weighted by Gasteiger charge is 2.07. The average Bonchev–Trinajstić information content (AvgIpc) is 2.84. The van der Waals surface area contributed by atoms with Gasteiger partial charge in [-0.25, -0.2) is 4.52 Å². The number of aromatic nitrogens is 3. The lowest BCUT2D eigenvalue weighted by atomic mass is 10.2. The van der Waals surface area contributed by atoms with Gasteiger partial charge < -0.3 is 0 Å². The van der Waals surface area contributed by atoms with Crippen LogP contribution in [0.1, 0.15) is 6.92 Å². The summed E-state index contributed by atoms with van der Waals surface area (Å²) in [5.74, 6) is 0. The van der Waals surface area contributed by atoms with E-state index in [1.54, 1.807) is 15.3 Å². The van der Waals surface area contributed by atoms with E-state index in [9.17, 15) is 4.79 Å². The van der Waals surface area contributed by atoms with Crippen LogP contribution < -0.4 is 5.56 Å². The fourth-order valence-electron chi connectivity index (χ4n) is 2.10. The Morgan fingerprint density at radius 1 is 1.17 bits per heavy atom. The van der Waals surface area contributed by atoms with Crippen molar-refractivity contribution in [3.63, 3.8) is 0 Å². The highest BCUT2D eigenvalue weighted by Crippen LogP contribution is 2.18. The Balaban J connectivity index is 2.26. The molecule has 0 aliphatic heterocycles. The predicted octanol–water partition coefficient (Wildman–Crippen LogP) is 2.18. The summed E-state index contributed by atoms with van der Waals surface area (Å²) in [6, 6.07) is 13.4. The zero-order valence-electron chi connectivity index (χ0n) is 10.1. The Morgan fingerprint density at radius 3 is 2.67 bits per heavy atom. The molecule has 0 aliphatic carbocycles. The molecule has 2 heterocycles. The van der Waals surface area contributed by atoms with E-state index < -0.39 is 0 Å². The molecule has 0 radical (unpaired) electrons. The number of benzene rings is 1. The van der Waals surface area contributed by atoms with Crippen molar-refractivity contribution in [3.05, 3.63) is 59.0 Å². The lowest BCUT2D eigenvalue weighted by Gasteiger charge is -2.02. The minimum atomic E-state index is 0.00418. The van der Waals surface area contributed by atoms with E-state index in [1.165, 1.54) is 6.07 Å². The lowest BCUT2D eigenvalue weighted by molar-refractivity contribution is 0.723. The molecule has 0 N–H and O–H groups in total. The Kier molecular flexibility index (Phi) is 2.48. The molecule has 0 bridgehead atoms. The molecule has 4 heteroatoms. The Bertz CT molecular complexity index is 741. The minimum Gasteiger partial charge on any atom is -0.293 e. The van der Waals surface area contributed by atoms with Crippen molar-refractivity contribution in [1.82, 2.24) is 14.2 Å². The third-order valence-electron chi connectivity index (χ3n) is 3.00. The van der Waals surface area contributed by atoms with Gasteiger partial charge in [0.05, 0.1) is 5.69 Å². The van der Waals surface area contributed by atoms with E-state index in [2.05, 4.69) is 5.10 Å². The Morgan fingerprint density at radius 2 is 1.94 bits per heavy atom. The van der Waals surface area contributed by atoms with E-state index in [0.717, 1.165) is 16.9 Å². The largest absolute Gasteiger partial charge is 0.293 e. The maximum Gasteiger partial charge on any atom is 0.253 e. The van der Waals surface area contributed by atoms with E-state index >= 15 is 0 Å². The van der Waals surface area contributed by atoms with Gasteiger partial charge in [0.2, 0.25) is 0 Å². The van der Waals surface area contributed by atoms with Gasteiger partial charge in [-0.05, 0) is 6.92 Å². The zero-order valence-corrected chi connectivity index (χ0v) is 10.1. The smallest absolute Gasteiger partial charge is 0.253 e. The molecule has 18 heavy (non-hydrogen) atoms. The Labute approximate surface area is 104 Å². The third-order valence-corrected chi connectivity index (χ3v) is 3.00. The molecule has 0 spiro atoms. The lowest BCUT2D eigenvalue weighted by Crippen LogP contribution is -2.19. The fourth-order valence-corrected chi connectivity index (χ4v) is 2.10. The van der Waals surface area contributed by atoms with Crippen molar-refractivity contribution in [2.24, 2.45) is 0 Å². The first-order valence-corrected chi connectivity index (χ1v) is 5.94. The van der Waals surface area contributed by atoms with E-state index in [1.807, 2.05) is 43.3 Å². The second kappa shape index (κ2) is 4.14. The summed E-state index contributed by atoms with van der Waals surface area (Å²) in [7, 11) is 0. The predicted molar refractivity (Wildman–Crippen MR) is 70.6 cm³/mol. The molecule has 0 fully saturated rings. The number of rotatable bonds is 2. The molecule has 90 valence electrons. The first-order valence-electron chi connectivity index (χ1n) is 5.94. The van der Waals surface area contributed by atoms with Crippen LogP contribution in [0.4, 0.5) is 0 Å². The van der Waals surface area contributed by atoms with E-state index in [4.69, 9.17) is 0 Å². The van der Waals surface area contributed by atoms with Crippen LogP contribution in [0.25, 0.3) is 16.9 Å². The maximum absolute atomic E-state index is 11.7. The van der Waals surface area contributed by atoms with Gasteiger partial charge in [-0.1, -0.05) is 30.3 Å². The van der Waals surface area contributed by atoms with Gasteiger partial charge in [-0.3, -0.25) is 9.36 Å². The summed E-state index contributed by atoms with van der Waals surface area (Å²) in [4.78, 5) is 11.7. The van der Waals surface area contributed by atoms with Crippen molar-refractivity contribution in [3.8, 4) is 11.3 Å². The van der Waals surface area contributed by atoms with E-state index in [-0.39, 0.29) is 5.56 Å². The van der Waals surface area contributed by atoms with Gasteiger partial charge in [0, 0.05) is 30.4 Å². The van der Waals surface area contributed by atoms with Crippen LogP contribution in [0.2, 0.25) is 0 Å². The van der Waals surface area contributed by atoms with Crippen molar-refractivity contribution < 1.29 is 0 Å². The molecule has 2 aromatic heterocycles. The molecular formula is C14H13N3O. The molecule has 0 amide bonds. The minimum absolute atomic E-state index is 0.00418. The number of hydrogen-bond donors (Lipinski definition) is 0. The van der Waals surface area contributed by atoms with Crippen LogP contribution in [-0.4, -0.2) is 14.2 Å². The first kappa shape index (κ1) is 10.8. The number of hydrogen-bond acceptors (Lipinski definition) is 2. The number of aryl methyl sites for hydroxylation is 1. The quantitative estimate of drug-likeness (QED) is 0.687. The van der Waals surface area contributed by atoms with Gasteiger partial charge in [0.25, 0.3) is 5.56 Å². The summed E-state index contributed by atoms with van der Waals surface area (Å²) in [6.07, 6.45) is 1.70. The van der Waals surface area contributed by atoms with Crippen LogP contribution in [0.15, 0.2) is 53.5 Å². The average molecular weight is 239 g/mol. The highest BCUT2D eigenvalue weighted by molar-refractivity contribution is 5.63. The zero-order chi connectivity index (χ0) is 12.5. The van der Waals surface area contributed by atoms with Crippen LogP contribution in [0.5, 0.6) is 0 Å². The van der Waals surface area contributed by atoms with Crippen molar-refractivity contribution in [2.45, 2.75) is 13.5 Å². The highest BCUT2D eigenvalue weighted by atomic mass is 16.1. The molecule has 0 saturated carbocycles. The van der Waals surface area contributed by atoms with Crippen molar-refractivity contribution in [1.29, 1.82) is 0 Å². The molecule has 0 unspecified atom stereocenters. The van der Waals surface area contributed by atoms with Gasteiger partial charge in [-0.15, -0.1) is 0 Å². The van der Waals surface area contributed by atoms with Crippen LogP contribution in [0.3, 0.4) is 0 Å². The molecule has 4 nitrogen and oxygen atoms in total. The molecule has 0 aliphatic rings. The molecule has 1 aromatic carbocycles. The summed E-state index contributed by atoms with van der Waals surface area (Å²) >= 11 is 0. The monoisotopic (exact) mass is 239 g/mol. The molecule has 3 rings (SSSR count). The van der Waals surface area contributed by atoms with Crippen LogP contribution in [-0.2, 0) is 6.54 Å². The second-order valence-electron chi connectivity index (χ2n) is 4.10. The normalized spacial score (nSPS) is 10.9. The SMILES string of the molecule is CCn1c(=O)ccn2nc(-c3ccccc3)cc12. The summed E-state index contributed by atoms with van der Waals surface area (Å²) in [5, 5.41) is 4.49.